The lowest BCUT2D eigenvalue weighted by atomic mass is 10.1. The number of ether oxygens (including phenoxy) is 4. The van der Waals surface area contributed by atoms with E-state index < -0.39 is 24.3 Å². The van der Waals surface area contributed by atoms with Crippen LogP contribution in [0.1, 0.15) is 44.5 Å². The van der Waals surface area contributed by atoms with Crippen LogP contribution < -0.4 is 0 Å². The lowest BCUT2D eigenvalue weighted by molar-refractivity contribution is -0.157. The predicted molar refractivity (Wildman–Crippen MR) is 113 cm³/mol. The van der Waals surface area contributed by atoms with Gasteiger partial charge < -0.3 is 18.9 Å². The molecule has 2 rings (SSSR count). The van der Waals surface area contributed by atoms with E-state index >= 15 is 0 Å². The molecule has 7 nitrogen and oxygen atoms in total. The molecule has 1 saturated heterocycles. The fraction of sp³-hybridized carbons (Fsp3) is 0.571. The van der Waals surface area contributed by atoms with Gasteiger partial charge in [0.15, 0.2) is 0 Å². The molecule has 0 N–H and O–H groups in total. The van der Waals surface area contributed by atoms with Gasteiger partial charge in [-0.15, -0.1) is 0 Å². The third-order valence-corrected chi connectivity index (χ3v) is 5.08. The van der Waals surface area contributed by atoms with Gasteiger partial charge in [0.1, 0.15) is 25.4 Å². The van der Waals surface area contributed by atoms with Crippen molar-refractivity contribution in [1.29, 1.82) is 0 Å². The minimum absolute atomic E-state index is 0.0600. The van der Waals surface area contributed by atoms with Crippen LogP contribution in [0.2, 0.25) is 0 Å². The van der Waals surface area contributed by atoms with Crippen molar-refractivity contribution in [2.45, 2.75) is 52.4 Å². The number of benzene rings is 1. The van der Waals surface area contributed by atoms with E-state index in [-0.39, 0.29) is 37.0 Å². The van der Waals surface area contributed by atoms with E-state index in [0.717, 1.165) is 3.57 Å². The number of esters is 3. The van der Waals surface area contributed by atoms with Gasteiger partial charge in [0.05, 0.1) is 23.5 Å². The zero-order valence-electron chi connectivity index (χ0n) is 17.1. The molecular formula is C21H27IO7. The van der Waals surface area contributed by atoms with Crippen molar-refractivity contribution in [2.24, 2.45) is 11.8 Å². The van der Waals surface area contributed by atoms with E-state index in [0.29, 0.717) is 12.0 Å². The summed E-state index contributed by atoms with van der Waals surface area (Å²) in [6, 6.07) is 7.00. The van der Waals surface area contributed by atoms with Gasteiger partial charge in [-0.3, -0.25) is 9.59 Å². The van der Waals surface area contributed by atoms with Gasteiger partial charge in [-0.05, 0) is 46.9 Å². The third-order valence-electron chi connectivity index (χ3n) is 4.36. The summed E-state index contributed by atoms with van der Waals surface area (Å²) in [5.74, 6) is -1.68. The van der Waals surface area contributed by atoms with Gasteiger partial charge in [-0.1, -0.05) is 27.7 Å². The first kappa shape index (κ1) is 23.6. The Bertz CT molecular complexity index is 714. The molecule has 0 radical (unpaired) electrons. The SMILES string of the molecule is CC(C)C(=O)OC[C@@H]1C[C@H](OC(=O)C(C)C)[C@@H](COC(=O)c2ccc(I)cc2)O1. The minimum Gasteiger partial charge on any atom is -0.463 e. The highest BCUT2D eigenvalue weighted by atomic mass is 127. The largest absolute Gasteiger partial charge is 0.463 e. The first-order valence-electron chi connectivity index (χ1n) is 9.62. The van der Waals surface area contributed by atoms with Crippen molar-refractivity contribution in [3.8, 4) is 0 Å². The topological polar surface area (TPSA) is 88.1 Å². The van der Waals surface area contributed by atoms with Gasteiger partial charge in [-0.25, -0.2) is 4.79 Å². The van der Waals surface area contributed by atoms with Crippen molar-refractivity contribution in [2.75, 3.05) is 13.2 Å². The van der Waals surface area contributed by atoms with Crippen LogP contribution in [0.4, 0.5) is 0 Å². The quantitative estimate of drug-likeness (QED) is 0.296. The van der Waals surface area contributed by atoms with Crippen molar-refractivity contribution in [3.63, 3.8) is 0 Å². The highest BCUT2D eigenvalue weighted by Gasteiger charge is 2.39. The predicted octanol–water partition coefficient (Wildman–Crippen LogP) is 3.37. The van der Waals surface area contributed by atoms with Crippen LogP contribution in [-0.4, -0.2) is 49.4 Å². The van der Waals surface area contributed by atoms with Gasteiger partial charge in [0.25, 0.3) is 0 Å². The highest BCUT2D eigenvalue weighted by Crippen LogP contribution is 2.25. The Labute approximate surface area is 184 Å². The molecule has 0 spiro atoms. The second-order valence-electron chi connectivity index (χ2n) is 7.55. The number of rotatable bonds is 8. The van der Waals surface area contributed by atoms with Crippen LogP contribution in [0.25, 0.3) is 0 Å². The summed E-state index contributed by atoms with van der Waals surface area (Å²) < 4.78 is 23.0. The fourth-order valence-corrected chi connectivity index (χ4v) is 2.99. The Morgan fingerprint density at radius 3 is 2.21 bits per heavy atom. The second kappa shape index (κ2) is 10.9. The van der Waals surface area contributed by atoms with Crippen molar-refractivity contribution in [3.05, 3.63) is 33.4 Å². The summed E-state index contributed by atoms with van der Waals surface area (Å²) in [7, 11) is 0. The van der Waals surface area contributed by atoms with Gasteiger partial charge in [-0.2, -0.15) is 0 Å². The average Bonchev–Trinajstić information content (AvgIpc) is 3.06. The zero-order valence-corrected chi connectivity index (χ0v) is 19.2. The van der Waals surface area contributed by atoms with Gasteiger partial charge in [0.2, 0.25) is 0 Å². The third kappa shape index (κ3) is 7.26. The van der Waals surface area contributed by atoms with E-state index in [1.807, 2.05) is 12.1 Å². The summed E-state index contributed by atoms with van der Waals surface area (Å²) in [6.07, 6.45) is -1.25. The van der Waals surface area contributed by atoms with E-state index in [9.17, 15) is 14.4 Å². The number of hydrogen-bond donors (Lipinski definition) is 0. The normalized spacial score (nSPS) is 21.3. The van der Waals surface area contributed by atoms with Crippen LogP contribution in [0.5, 0.6) is 0 Å². The molecule has 0 aliphatic carbocycles. The first-order valence-corrected chi connectivity index (χ1v) is 10.7. The molecule has 1 aromatic carbocycles. The van der Waals surface area contributed by atoms with Crippen LogP contribution in [0.3, 0.4) is 0 Å². The fourth-order valence-electron chi connectivity index (χ4n) is 2.63. The molecule has 1 heterocycles. The molecule has 29 heavy (non-hydrogen) atoms. The number of carbonyl (C=O) groups excluding carboxylic acids is 3. The zero-order chi connectivity index (χ0) is 21.6. The molecule has 1 aliphatic rings. The maximum Gasteiger partial charge on any atom is 0.338 e. The summed E-state index contributed by atoms with van der Waals surface area (Å²) in [4.78, 5) is 36.0. The molecule has 1 fully saturated rings. The highest BCUT2D eigenvalue weighted by molar-refractivity contribution is 14.1. The number of hydrogen-bond acceptors (Lipinski definition) is 7. The second-order valence-corrected chi connectivity index (χ2v) is 8.80. The summed E-state index contributed by atoms with van der Waals surface area (Å²) in [5.41, 5.74) is 0.432. The summed E-state index contributed by atoms with van der Waals surface area (Å²) >= 11 is 2.15. The first-order chi connectivity index (χ1) is 13.7. The van der Waals surface area contributed by atoms with Gasteiger partial charge in [0, 0.05) is 9.99 Å². The lowest BCUT2D eigenvalue weighted by Gasteiger charge is -2.20. The molecule has 0 unspecified atom stereocenters. The van der Waals surface area contributed by atoms with E-state index in [1.165, 1.54) is 0 Å². The van der Waals surface area contributed by atoms with Gasteiger partial charge >= 0.3 is 17.9 Å². The molecule has 1 aliphatic heterocycles. The maximum absolute atomic E-state index is 12.3. The Morgan fingerprint density at radius 2 is 1.62 bits per heavy atom. The Balaban J connectivity index is 1.96. The molecule has 1 aromatic rings. The molecule has 0 aromatic heterocycles. The van der Waals surface area contributed by atoms with E-state index in [2.05, 4.69) is 22.6 Å². The van der Waals surface area contributed by atoms with Crippen molar-refractivity contribution in [1.82, 2.24) is 0 Å². The molecular weight excluding hydrogens is 491 g/mol. The smallest absolute Gasteiger partial charge is 0.338 e. The molecule has 160 valence electrons. The average molecular weight is 518 g/mol. The summed E-state index contributed by atoms with van der Waals surface area (Å²) in [5, 5.41) is 0. The Morgan fingerprint density at radius 1 is 1.00 bits per heavy atom. The van der Waals surface area contributed by atoms with E-state index in [4.69, 9.17) is 18.9 Å². The number of halogens is 1. The van der Waals surface area contributed by atoms with Crippen LogP contribution in [0, 0.1) is 15.4 Å². The minimum atomic E-state index is -0.617. The molecule has 0 amide bonds. The lowest BCUT2D eigenvalue weighted by Crippen LogP contribution is -2.33. The number of carbonyl (C=O) groups is 3. The molecule has 3 atom stereocenters. The summed E-state index contributed by atoms with van der Waals surface area (Å²) in [6.45, 7) is 6.98. The van der Waals surface area contributed by atoms with Crippen molar-refractivity contribution >= 4 is 40.5 Å². The Kier molecular flexibility index (Phi) is 8.88. The molecule has 0 saturated carbocycles. The monoisotopic (exact) mass is 518 g/mol. The molecule has 0 bridgehead atoms. The maximum atomic E-state index is 12.3. The molecule has 8 heteroatoms. The van der Waals surface area contributed by atoms with Crippen LogP contribution in [0.15, 0.2) is 24.3 Å². The van der Waals surface area contributed by atoms with Crippen LogP contribution >= 0.6 is 22.6 Å². The van der Waals surface area contributed by atoms with Crippen LogP contribution in [-0.2, 0) is 28.5 Å². The Hall–Kier alpha value is -1.68. The van der Waals surface area contributed by atoms with E-state index in [1.54, 1.807) is 39.8 Å². The standard InChI is InChI=1S/C21H27IO7/c1-12(2)19(23)26-10-16-9-17(29-20(24)13(3)4)18(28-16)11-27-21(25)14-5-7-15(22)8-6-14/h5-8,12-13,16-18H,9-11H2,1-4H3/t16-,17-,18+/m0/s1. The van der Waals surface area contributed by atoms with Crippen molar-refractivity contribution < 1.29 is 33.3 Å².